The molecular weight excluding hydrogens is 334 g/mol. The van der Waals surface area contributed by atoms with E-state index in [1.807, 2.05) is 19.1 Å². The molecule has 2 rings (SSSR count). The van der Waals surface area contributed by atoms with Gasteiger partial charge in [-0.15, -0.1) is 0 Å². The molecule has 0 fully saturated rings. The summed E-state index contributed by atoms with van der Waals surface area (Å²) in [5, 5.41) is 13.3. The maximum Gasteiger partial charge on any atom is 0.277 e. The number of nitrogens with two attached hydrogens (primary N) is 1. The molecule has 1 aromatic heterocycles. The van der Waals surface area contributed by atoms with Gasteiger partial charge in [0, 0.05) is 30.2 Å². The molecule has 0 unspecified atom stereocenters. The van der Waals surface area contributed by atoms with Gasteiger partial charge < -0.3 is 21.1 Å². The number of aromatic nitrogens is 2. The zero-order valence-electron chi connectivity index (χ0n) is 13.3. The fourth-order valence-electron chi connectivity index (χ4n) is 1.96. The van der Waals surface area contributed by atoms with Gasteiger partial charge in [-0.3, -0.25) is 4.79 Å². The standard InChI is InChI=1S/C15H20ClN5O3/c1-2-7-23-12-4-3-11(16)8-10(12)9-18-5-6-19-15(22)13-14(17)21-24-20-13/h3-4,8,18H,2,5-7,9H2,1H3,(H2,17,21)(H,19,22). The maximum absolute atomic E-state index is 11.8. The zero-order chi connectivity index (χ0) is 17.4. The van der Waals surface area contributed by atoms with Crippen molar-refractivity contribution in [3.63, 3.8) is 0 Å². The number of nitrogens with zero attached hydrogens (tertiary/aromatic N) is 2. The summed E-state index contributed by atoms with van der Waals surface area (Å²) in [6.07, 6.45) is 0.932. The molecule has 1 aromatic carbocycles. The second-order valence-electron chi connectivity index (χ2n) is 5.03. The van der Waals surface area contributed by atoms with Crippen LogP contribution in [0.1, 0.15) is 29.4 Å². The van der Waals surface area contributed by atoms with Crippen molar-refractivity contribution in [1.82, 2.24) is 20.9 Å². The maximum atomic E-state index is 11.8. The summed E-state index contributed by atoms with van der Waals surface area (Å²) in [5.74, 6) is 0.349. The Morgan fingerprint density at radius 2 is 2.21 bits per heavy atom. The molecule has 1 heterocycles. The van der Waals surface area contributed by atoms with E-state index in [0.29, 0.717) is 31.3 Å². The lowest BCUT2D eigenvalue weighted by Gasteiger charge is -2.12. The highest BCUT2D eigenvalue weighted by Gasteiger charge is 2.14. The Hall–Kier alpha value is -2.32. The topological polar surface area (TPSA) is 115 Å². The van der Waals surface area contributed by atoms with Crippen LogP contribution >= 0.6 is 11.6 Å². The van der Waals surface area contributed by atoms with Crippen molar-refractivity contribution >= 4 is 23.3 Å². The van der Waals surface area contributed by atoms with Crippen molar-refractivity contribution in [2.45, 2.75) is 19.9 Å². The number of benzene rings is 1. The molecule has 2 aromatic rings. The summed E-state index contributed by atoms with van der Waals surface area (Å²) >= 11 is 6.03. The first-order valence-corrected chi connectivity index (χ1v) is 7.97. The molecule has 0 aliphatic heterocycles. The molecule has 0 saturated carbocycles. The lowest BCUT2D eigenvalue weighted by molar-refractivity contribution is 0.0944. The fourth-order valence-corrected chi connectivity index (χ4v) is 2.16. The monoisotopic (exact) mass is 353 g/mol. The number of hydrogen-bond acceptors (Lipinski definition) is 7. The second kappa shape index (κ2) is 9.09. The fraction of sp³-hybridized carbons (Fsp3) is 0.400. The molecule has 1 amide bonds. The Bertz CT molecular complexity index is 677. The number of amides is 1. The van der Waals surface area contributed by atoms with E-state index < -0.39 is 5.91 Å². The van der Waals surface area contributed by atoms with Crippen LogP contribution in [0, 0.1) is 0 Å². The van der Waals surface area contributed by atoms with Crippen LogP contribution in [0.2, 0.25) is 5.02 Å². The first kappa shape index (κ1) is 18.0. The van der Waals surface area contributed by atoms with Gasteiger partial charge in [-0.05, 0) is 34.9 Å². The van der Waals surface area contributed by atoms with E-state index in [4.69, 9.17) is 22.1 Å². The van der Waals surface area contributed by atoms with Crippen LogP contribution in [-0.2, 0) is 6.54 Å². The van der Waals surface area contributed by atoms with Gasteiger partial charge in [-0.2, -0.15) is 0 Å². The smallest absolute Gasteiger partial charge is 0.277 e. The van der Waals surface area contributed by atoms with Crippen molar-refractivity contribution in [1.29, 1.82) is 0 Å². The highest BCUT2D eigenvalue weighted by molar-refractivity contribution is 6.30. The lowest BCUT2D eigenvalue weighted by atomic mass is 10.2. The van der Waals surface area contributed by atoms with Gasteiger partial charge in [0.15, 0.2) is 0 Å². The molecule has 0 aliphatic carbocycles. The summed E-state index contributed by atoms with van der Waals surface area (Å²) in [5.41, 5.74) is 6.40. The van der Waals surface area contributed by atoms with Crippen LogP contribution in [-0.4, -0.2) is 35.9 Å². The average Bonchev–Trinajstić information content (AvgIpc) is 2.99. The Balaban J connectivity index is 1.77. The highest BCUT2D eigenvalue weighted by Crippen LogP contribution is 2.23. The minimum Gasteiger partial charge on any atom is -0.493 e. The third kappa shape index (κ3) is 5.10. The molecule has 0 aliphatic rings. The van der Waals surface area contributed by atoms with Gasteiger partial charge in [0.2, 0.25) is 11.5 Å². The van der Waals surface area contributed by atoms with E-state index in [-0.39, 0.29) is 11.5 Å². The summed E-state index contributed by atoms with van der Waals surface area (Å²) < 4.78 is 10.1. The van der Waals surface area contributed by atoms with Crippen LogP contribution in [0.4, 0.5) is 5.82 Å². The number of rotatable bonds is 9. The van der Waals surface area contributed by atoms with Crippen LogP contribution in [0.25, 0.3) is 0 Å². The van der Waals surface area contributed by atoms with Crippen molar-refractivity contribution in [3.05, 3.63) is 34.5 Å². The number of nitrogens with one attached hydrogen (secondary N) is 2. The predicted octanol–water partition coefficient (Wildman–Crippen LogP) is 1.61. The van der Waals surface area contributed by atoms with Crippen molar-refractivity contribution in [2.24, 2.45) is 0 Å². The number of halogens is 1. The Labute approximate surface area is 144 Å². The number of carbonyl (C=O) groups is 1. The molecule has 0 saturated heterocycles. The lowest BCUT2D eigenvalue weighted by Crippen LogP contribution is -2.32. The van der Waals surface area contributed by atoms with Gasteiger partial charge in [0.05, 0.1) is 6.61 Å². The molecule has 24 heavy (non-hydrogen) atoms. The van der Waals surface area contributed by atoms with E-state index in [1.54, 1.807) is 6.07 Å². The molecular formula is C15H20ClN5O3. The third-order valence-corrected chi connectivity index (χ3v) is 3.35. The number of anilines is 1. The summed E-state index contributed by atoms with van der Waals surface area (Å²) in [4.78, 5) is 11.8. The Morgan fingerprint density at radius 1 is 1.38 bits per heavy atom. The average molecular weight is 354 g/mol. The minimum atomic E-state index is -0.426. The van der Waals surface area contributed by atoms with E-state index >= 15 is 0 Å². The molecule has 130 valence electrons. The van der Waals surface area contributed by atoms with Crippen molar-refractivity contribution in [3.8, 4) is 5.75 Å². The molecule has 0 spiro atoms. The van der Waals surface area contributed by atoms with E-state index in [0.717, 1.165) is 17.7 Å². The summed E-state index contributed by atoms with van der Waals surface area (Å²) in [7, 11) is 0. The van der Waals surface area contributed by atoms with Gasteiger partial charge in [0.1, 0.15) is 5.75 Å². The number of ether oxygens (including phenoxy) is 1. The second-order valence-corrected chi connectivity index (χ2v) is 5.47. The highest BCUT2D eigenvalue weighted by atomic mass is 35.5. The number of nitrogen functional groups attached to an aromatic ring is 1. The van der Waals surface area contributed by atoms with Crippen molar-refractivity contribution < 1.29 is 14.2 Å². The van der Waals surface area contributed by atoms with E-state index in [9.17, 15) is 4.79 Å². The summed E-state index contributed by atoms with van der Waals surface area (Å²) in [6, 6.07) is 5.52. The quantitative estimate of drug-likeness (QED) is 0.586. The first-order valence-electron chi connectivity index (χ1n) is 7.60. The van der Waals surface area contributed by atoms with E-state index in [2.05, 4.69) is 25.6 Å². The summed E-state index contributed by atoms with van der Waals surface area (Å²) in [6.45, 7) is 4.22. The zero-order valence-corrected chi connectivity index (χ0v) is 14.1. The van der Waals surface area contributed by atoms with Gasteiger partial charge in [0.25, 0.3) is 5.91 Å². The number of hydrogen-bond donors (Lipinski definition) is 3. The predicted molar refractivity (Wildman–Crippen MR) is 90.0 cm³/mol. The van der Waals surface area contributed by atoms with Gasteiger partial charge in [-0.1, -0.05) is 18.5 Å². The molecule has 8 nitrogen and oxygen atoms in total. The molecule has 0 atom stereocenters. The van der Waals surface area contributed by atoms with Crippen molar-refractivity contribution in [2.75, 3.05) is 25.4 Å². The van der Waals surface area contributed by atoms with Crippen LogP contribution in [0.5, 0.6) is 5.75 Å². The van der Waals surface area contributed by atoms with Crippen LogP contribution in [0.15, 0.2) is 22.8 Å². The Kier molecular flexibility index (Phi) is 6.83. The van der Waals surface area contributed by atoms with Gasteiger partial charge >= 0.3 is 0 Å². The molecule has 0 radical (unpaired) electrons. The third-order valence-electron chi connectivity index (χ3n) is 3.12. The molecule has 4 N–H and O–H groups in total. The van der Waals surface area contributed by atoms with Gasteiger partial charge in [-0.25, -0.2) is 4.63 Å². The SMILES string of the molecule is CCCOc1ccc(Cl)cc1CNCCNC(=O)c1nonc1N. The normalized spacial score (nSPS) is 10.6. The largest absolute Gasteiger partial charge is 0.493 e. The minimum absolute atomic E-state index is 0.0138. The van der Waals surface area contributed by atoms with Crippen LogP contribution < -0.4 is 21.1 Å². The Morgan fingerprint density at radius 3 is 2.92 bits per heavy atom. The first-order chi connectivity index (χ1) is 11.6. The number of carbonyl (C=O) groups excluding carboxylic acids is 1. The molecule has 9 heteroatoms. The molecule has 0 bridgehead atoms. The van der Waals surface area contributed by atoms with Crippen LogP contribution in [0.3, 0.4) is 0 Å². The van der Waals surface area contributed by atoms with E-state index in [1.165, 1.54) is 0 Å².